The Kier molecular flexibility index (Phi) is 6.74. The second-order valence-electron chi connectivity index (χ2n) is 4.71. The number of carbonyl (C=O) groups excluding carboxylic acids is 1. The Bertz CT molecular complexity index is 382. The molecular weight excluding hydrogens is 270 g/mol. The van der Waals surface area contributed by atoms with E-state index in [1.54, 1.807) is 0 Å². The first-order chi connectivity index (χ1) is 8.98. The number of rotatable bonds is 8. The van der Waals surface area contributed by atoms with Gasteiger partial charge in [-0.05, 0) is 19.3 Å². The molecule has 2 unspecified atom stereocenters. The van der Waals surface area contributed by atoms with Crippen LogP contribution >= 0.6 is 0 Å². The van der Waals surface area contributed by atoms with Crippen molar-refractivity contribution in [2.75, 3.05) is 26.0 Å². The van der Waals surface area contributed by atoms with Gasteiger partial charge < -0.3 is 9.47 Å². The Morgan fingerprint density at radius 2 is 2.21 bits per heavy atom. The Morgan fingerprint density at radius 3 is 2.84 bits per heavy atom. The van der Waals surface area contributed by atoms with Crippen LogP contribution in [0.5, 0.6) is 0 Å². The average molecular weight is 293 g/mol. The highest BCUT2D eigenvalue weighted by Gasteiger charge is 2.27. The van der Waals surface area contributed by atoms with Gasteiger partial charge in [0.25, 0.3) is 0 Å². The molecule has 0 aromatic rings. The molecule has 0 bridgehead atoms. The highest BCUT2D eigenvalue weighted by Crippen LogP contribution is 2.22. The molecule has 0 spiro atoms. The summed E-state index contributed by atoms with van der Waals surface area (Å²) in [4.78, 5) is 10.9. The Morgan fingerprint density at radius 1 is 1.47 bits per heavy atom. The number of hydrogen-bond donors (Lipinski definition) is 1. The lowest BCUT2D eigenvalue weighted by atomic mass is 10.0. The lowest BCUT2D eigenvalue weighted by molar-refractivity contribution is -0.140. The van der Waals surface area contributed by atoms with Crippen LogP contribution in [0.2, 0.25) is 0 Å². The molecule has 1 aliphatic heterocycles. The minimum atomic E-state index is -3.32. The van der Waals surface area contributed by atoms with Crippen molar-refractivity contribution in [2.24, 2.45) is 5.92 Å². The number of esters is 1. The highest BCUT2D eigenvalue weighted by atomic mass is 32.2. The van der Waals surface area contributed by atoms with Crippen LogP contribution in [0.25, 0.3) is 0 Å². The van der Waals surface area contributed by atoms with Crippen molar-refractivity contribution in [2.45, 2.75) is 38.7 Å². The molecule has 1 saturated heterocycles. The lowest BCUT2D eigenvalue weighted by Gasteiger charge is -2.17. The van der Waals surface area contributed by atoms with Gasteiger partial charge in [0.15, 0.2) is 0 Å². The molecule has 1 fully saturated rings. The van der Waals surface area contributed by atoms with Crippen molar-refractivity contribution < 1.29 is 22.7 Å². The van der Waals surface area contributed by atoms with Crippen molar-refractivity contribution in [3.8, 4) is 0 Å². The monoisotopic (exact) mass is 293 g/mol. The van der Waals surface area contributed by atoms with Gasteiger partial charge >= 0.3 is 5.97 Å². The van der Waals surface area contributed by atoms with Crippen molar-refractivity contribution >= 4 is 16.0 Å². The van der Waals surface area contributed by atoms with Crippen LogP contribution in [0, 0.1) is 5.92 Å². The highest BCUT2D eigenvalue weighted by molar-refractivity contribution is 7.89. The molecule has 0 aliphatic carbocycles. The van der Waals surface area contributed by atoms with Crippen LogP contribution in [-0.4, -0.2) is 46.5 Å². The zero-order chi connectivity index (χ0) is 14.3. The molecule has 6 nitrogen and oxygen atoms in total. The van der Waals surface area contributed by atoms with E-state index in [-0.39, 0.29) is 36.6 Å². The van der Waals surface area contributed by atoms with Gasteiger partial charge in [0, 0.05) is 25.5 Å². The summed E-state index contributed by atoms with van der Waals surface area (Å²) in [5.74, 6) is -0.183. The minimum absolute atomic E-state index is 0.0491. The largest absolute Gasteiger partial charge is 0.469 e. The summed E-state index contributed by atoms with van der Waals surface area (Å²) in [6.45, 7) is 3.15. The zero-order valence-electron chi connectivity index (χ0n) is 11.6. The minimum Gasteiger partial charge on any atom is -0.469 e. The molecule has 0 saturated carbocycles. The van der Waals surface area contributed by atoms with Crippen LogP contribution in [-0.2, 0) is 24.3 Å². The maximum Gasteiger partial charge on any atom is 0.305 e. The predicted octanol–water partition coefficient (Wildman–Crippen LogP) is 0.674. The van der Waals surface area contributed by atoms with Crippen molar-refractivity contribution in [1.82, 2.24) is 4.72 Å². The smallest absolute Gasteiger partial charge is 0.305 e. The number of nitrogens with one attached hydrogen (secondary N) is 1. The van der Waals surface area contributed by atoms with E-state index in [4.69, 9.17) is 4.74 Å². The van der Waals surface area contributed by atoms with E-state index in [0.717, 1.165) is 12.8 Å². The summed E-state index contributed by atoms with van der Waals surface area (Å²) < 4.78 is 36.1. The Balaban J connectivity index is 2.28. The second-order valence-corrected chi connectivity index (χ2v) is 6.64. The summed E-state index contributed by atoms with van der Waals surface area (Å²) >= 11 is 0. The van der Waals surface area contributed by atoms with Crippen molar-refractivity contribution in [3.05, 3.63) is 0 Å². The molecule has 1 aliphatic rings. The summed E-state index contributed by atoms with van der Waals surface area (Å²) in [6, 6.07) is 0. The standard InChI is InChI=1S/C12H23NO5S/c1-3-11-10(6-7-18-11)9-13-19(15,16)8-4-5-12(14)17-2/h10-11,13H,3-9H2,1-2H3. The van der Waals surface area contributed by atoms with Gasteiger partial charge in [-0.1, -0.05) is 6.92 Å². The normalized spacial score (nSPS) is 23.5. The van der Waals surface area contributed by atoms with E-state index < -0.39 is 10.0 Å². The van der Waals surface area contributed by atoms with Gasteiger partial charge in [-0.3, -0.25) is 4.79 Å². The molecule has 19 heavy (non-hydrogen) atoms. The molecule has 2 atom stereocenters. The summed E-state index contributed by atoms with van der Waals surface area (Å²) in [5.41, 5.74) is 0. The molecular formula is C12H23NO5S. The molecule has 0 aromatic heterocycles. The maximum absolute atomic E-state index is 11.7. The summed E-state index contributed by atoms with van der Waals surface area (Å²) in [7, 11) is -2.03. The SMILES string of the molecule is CCC1OCCC1CNS(=O)(=O)CCCC(=O)OC. The average Bonchev–Trinajstić information content (AvgIpc) is 2.83. The Hall–Kier alpha value is -0.660. The van der Waals surface area contributed by atoms with E-state index in [2.05, 4.69) is 9.46 Å². The fourth-order valence-corrected chi connectivity index (χ4v) is 3.33. The third kappa shape index (κ3) is 5.88. The van der Waals surface area contributed by atoms with Crippen LogP contribution < -0.4 is 4.72 Å². The first-order valence-corrected chi connectivity index (χ1v) is 8.29. The molecule has 1 heterocycles. The topological polar surface area (TPSA) is 81.7 Å². The van der Waals surface area contributed by atoms with Gasteiger partial charge in [-0.25, -0.2) is 13.1 Å². The van der Waals surface area contributed by atoms with E-state index >= 15 is 0 Å². The predicted molar refractivity (Wildman–Crippen MR) is 71.2 cm³/mol. The molecule has 0 amide bonds. The van der Waals surface area contributed by atoms with Gasteiger partial charge in [-0.2, -0.15) is 0 Å². The fraction of sp³-hybridized carbons (Fsp3) is 0.917. The van der Waals surface area contributed by atoms with Crippen molar-refractivity contribution in [3.63, 3.8) is 0 Å². The first-order valence-electron chi connectivity index (χ1n) is 6.64. The summed E-state index contributed by atoms with van der Waals surface area (Å²) in [5, 5.41) is 0. The van der Waals surface area contributed by atoms with E-state index in [1.165, 1.54) is 7.11 Å². The quantitative estimate of drug-likeness (QED) is 0.665. The van der Waals surface area contributed by atoms with Gasteiger partial charge in [-0.15, -0.1) is 0 Å². The Labute approximate surface area is 114 Å². The lowest BCUT2D eigenvalue weighted by Crippen LogP contribution is -2.34. The van der Waals surface area contributed by atoms with Crippen molar-refractivity contribution in [1.29, 1.82) is 0 Å². The van der Waals surface area contributed by atoms with E-state index in [0.29, 0.717) is 13.2 Å². The fourth-order valence-electron chi connectivity index (χ4n) is 2.19. The van der Waals surface area contributed by atoms with Gasteiger partial charge in [0.2, 0.25) is 10.0 Å². The third-order valence-electron chi connectivity index (χ3n) is 3.34. The maximum atomic E-state index is 11.7. The van der Waals surface area contributed by atoms with Crippen LogP contribution in [0.4, 0.5) is 0 Å². The number of sulfonamides is 1. The molecule has 0 aromatic carbocycles. The first kappa shape index (κ1) is 16.4. The third-order valence-corrected chi connectivity index (χ3v) is 4.77. The van der Waals surface area contributed by atoms with Gasteiger partial charge in [0.1, 0.15) is 0 Å². The number of ether oxygens (including phenoxy) is 2. The van der Waals surface area contributed by atoms with Crippen LogP contribution in [0.15, 0.2) is 0 Å². The number of methoxy groups -OCH3 is 1. The van der Waals surface area contributed by atoms with E-state index in [9.17, 15) is 13.2 Å². The van der Waals surface area contributed by atoms with Crippen LogP contribution in [0.1, 0.15) is 32.6 Å². The molecule has 112 valence electrons. The zero-order valence-corrected chi connectivity index (χ0v) is 12.4. The van der Waals surface area contributed by atoms with Gasteiger partial charge in [0.05, 0.1) is 19.0 Å². The molecule has 0 radical (unpaired) electrons. The van der Waals surface area contributed by atoms with Crippen LogP contribution in [0.3, 0.4) is 0 Å². The summed E-state index contributed by atoms with van der Waals surface area (Å²) in [6.07, 6.45) is 2.34. The second kappa shape index (κ2) is 7.81. The molecule has 1 N–H and O–H groups in total. The number of carbonyl (C=O) groups is 1. The van der Waals surface area contributed by atoms with E-state index in [1.807, 2.05) is 6.92 Å². The molecule has 7 heteroatoms. The number of hydrogen-bond acceptors (Lipinski definition) is 5. The molecule has 1 rings (SSSR count).